The average molecular weight is 377 g/mol. The van der Waals surface area contributed by atoms with Gasteiger partial charge in [0, 0.05) is 25.8 Å². The lowest BCUT2D eigenvalue weighted by atomic mass is 10.0. The highest BCUT2D eigenvalue weighted by atomic mass is 16.6. The topological polar surface area (TPSA) is 87.7 Å². The molecule has 0 aromatic heterocycles. The van der Waals surface area contributed by atoms with E-state index in [0.717, 1.165) is 5.56 Å². The van der Waals surface area contributed by atoms with Gasteiger partial charge in [-0.1, -0.05) is 19.1 Å². The summed E-state index contributed by atoms with van der Waals surface area (Å²) in [5.41, 5.74) is 0.919. The van der Waals surface area contributed by atoms with Crippen LogP contribution in [0.3, 0.4) is 0 Å². The molecule has 27 heavy (non-hydrogen) atoms. The number of hydrogen-bond donors (Lipinski definition) is 2. The highest BCUT2D eigenvalue weighted by Gasteiger charge is 2.24. The van der Waals surface area contributed by atoms with Crippen molar-refractivity contribution in [3.05, 3.63) is 29.8 Å². The van der Waals surface area contributed by atoms with E-state index < -0.39 is 23.7 Å². The van der Waals surface area contributed by atoms with E-state index in [-0.39, 0.29) is 11.8 Å². The van der Waals surface area contributed by atoms with Crippen LogP contribution in [0.15, 0.2) is 24.3 Å². The second-order valence-corrected chi connectivity index (χ2v) is 7.87. The van der Waals surface area contributed by atoms with Gasteiger partial charge in [0.25, 0.3) is 0 Å². The lowest BCUT2D eigenvalue weighted by Crippen LogP contribution is -2.44. The fourth-order valence-electron chi connectivity index (χ4n) is 2.14. The summed E-state index contributed by atoms with van der Waals surface area (Å²) < 4.78 is 5.21. The number of carbonyl (C=O) groups excluding carboxylic acids is 3. The molecule has 1 aromatic rings. The Morgan fingerprint density at radius 2 is 1.63 bits per heavy atom. The first kappa shape index (κ1) is 22.5. The van der Waals surface area contributed by atoms with Crippen molar-refractivity contribution in [2.45, 2.75) is 52.7 Å². The van der Waals surface area contributed by atoms with Crippen LogP contribution in [0.2, 0.25) is 0 Å². The van der Waals surface area contributed by atoms with E-state index in [1.807, 2.05) is 12.1 Å². The van der Waals surface area contributed by atoms with Crippen LogP contribution in [0.25, 0.3) is 0 Å². The van der Waals surface area contributed by atoms with E-state index in [2.05, 4.69) is 10.6 Å². The van der Waals surface area contributed by atoms with Crippen molar-refractivity contribution in [1.82, 2.24) is 10.2 Å². The first-order valence-electron chi connectivity index (χ1n) is 8.98. The van der Waals surface area contributed by atoms with Gasteiger partial charge >= 0.3 is 6.09 Å². The number of alkyl carbamates (subject to hydrolysis) is 1. The molecule has 7 nitrogen and oxygen atoms in total. The van der Waals surface area contributed by atoms with Gasteiger partial charge in [-0.25, -0.2) is 4.79 Å². The largest absolute Gasteiger partial charge is 0.444 e. The van der Waals surface area contributed by atoms with Crippen LogP contribution in [0.1, 0.15) is 40.2 Å². The van der Waals surface area contributed by atoms with E-state index in [1.54, 1.807) is 60.8 Å². The summed E-state index contributed by atoms with van der Waals surface area (Å²) in [4.78, 5) is 37.5. The summed E-state index contributed by atoms with van der Waals surface area (Å²) in [5.74, 6) is -0.648. The number of ether oxygens (including phenoxy) is 1. The second-order valence-electron chi connectivity index (χ2n) is 7.87. The number of amides is 3. The Kier molecular flexibility index (Phi) is 7.82. The maximum Gasteiger partial charge on any atom is 0.407 e. The number of anilines is 1. The first-order valence-corrected chi connectivity index (χ1v) is 8.98. The van der Waals surface area contributed by atoms with Gasteiger partial charge in [0.05, 0.1) is 12.3 Å². The smallest absolute Gasteiger partial charge is 0.407 e. The first-order chi connectivity index (χ1) is 12.4. The number of carbonyl (C=O) groups is 3. The summed E-state index contributed by atoms with van der Waals surface area (Å²) in [6.07, 6.45) is -0.237. The van der Waals surface area contributed by atoms with Crippen molar-refractivity contribution < 1.29 is 19.1 Å². The summed E-state index contributed by atoms with van der Waals surface area (Å²) in [6.45, 7) is 8.83. The monoisotopic (exact) mass is 377 g/mol. The Morgan fingerprint density at radius 3 is 2.11 bits per heavy atom. The molecule has 0 spiro atoms. The highest BCUT2D eigenvalue weighted by molar-refractivity contribution is 5.93. The molecule has 2 atom stereocenters. The molecule has 0 unspecified atom stereocenters. The summed E-state index contributed by atoms with van der Waals surface area (Å²) in [6, 6.07) is 6.74. The van der Waals surface area contributed by atoms with Crippen molar-refractivity contribution in [2.24, 2.45) is 5.92 Å². The second kappa shape index (κ2) is 9.39. The maximum absolute atomic E-state index is 12.4. The molecule has 0 radical (unpaired) electrons. The van der Waals surface area contributed by atoms with E-state index in [9.17, 15) is 14.4 Å². The van der Waals surface area contributed by atoms with Crippen LogP contribution in [-0.4, -0.2) is 48.5 Å². The average Bonchev–Trinajstić information content (AvgIpc) is 2.53. The molecule has 2 N–H and O–H groups in total. The molecular formula is C20H31N3O4. The van der Waals surface area contributed by atoms with Gasteiger partial charge in [0.2, 0.25) is 11.8 Å². The molecule has 0 saturated carbocycles. The predicted molar refractivity (Wildman–Crippen MR) is 105 cm³/mol. The fraction of sp³-hybridized carbons (Fsp3) is 0.550. The van der Waals surface area contributed by atoms with Crippen LogP contribution in [0.5, 0.6) is 0 Å². The molecular weight excluding hydrogens is 346 g/mol. The number of nitrogens with one attached hydrogen (secondary N) is 2. The van der Waals surface area contributed by atoms with Gasteiger partial charge in [-0.3, -0.25) is 9.59 Å². The van der Waals surface area contributed by atoms with E-state index in [4.69, 9.17) is 4.74 Å². The van der Waals surface area contributed by atoms with Crippen LogP contribution < -0.4 is 10.6 Å². The predicted octanol–water partition coefficient (Wildman–Crippen LogP) is 2.81. The Labute approximate surface area is 161 Å². The van der Waals surface area contributed by atoms with Crippen LogP contribution in [0.4, 0.5) is 10.5 Å². The van der Waals surface area contributed by atoms with Gasteiger partial charge < -0.3 is 20.3 Å². The molecule has 3 amide bonds. The van der Waals surface area contributed by atoms with Crippen molar-refractivity contribution in [2.75, 3.05) is 19.4 Å². The summed E-state index contributed by atoms with van der Waals surface area (Å²) in [5, 5.41) is 5.50. The Morgan fingerprint density at radius 1 is 1.07 bits per heavy atom. The van der Waals surface area contributed by atoms with Crippen molar-refractivity contribution in [3.8, 4) is 0 Å². The zero-order valence-corrected chi connectivity index (χ0v) is 17.3. The van der Waals surface area contributed by atoms with Crippen molar-refractivity contribution >= 4 is 23.6 Å². The Bertz CT molecular complexity index is 663. The van der Waals surface area contributed by atoms with Crippen LogP contribution in [0, 0.1) is 5.92 Å². The molecule has 0 aliphatic heterocycles. The minimum atomic E-state index is -0.592. The zero-order valence-electron chi connectivity index (χ0n) is 17.3. The molecule has 0 fully saturated rings. The van der Waals surface area contributed by atoms with Gasteiger partial charge in [-0.05, 0) is 45.4 Å². The quantitative estimate of drug-likeness (QED) is 0.798. The number of benzene rings is 1. The molecule has 0 heterocycles. The van der Waals surface area contributed by atoms with E-state index in [0.29, 0.717) is 12.1 Å². The maximum atomic E-state index is 12.4. The van der Waals surface area contributed by atoms with Crippen molar-refractivity contribution in [1.29, 1.82) is 0 Å². The third-order valence-electron chi connectivity index (χ3n) is 3.98. The normalized spacial score (nSPS) is 13.3. The van der Waals surface area contributed by atoms with Gasteiger partial charge in [0.1, 0.15) is 5.60 Å². The van der Waals surface area contributed by atoms with E-state index in [1.165, 1.54) is 4.90 Å². The third-order valence-corrected chi connectivity index (χ3v) is 3.98. The fourth-order valence-corrected chi connectivity index (χ4v) is 2.14. The summed E-state index contributed by atoms with van der Waals surface area (Å²) in [7, 11) is 3.43. The van der Waals surface area contributed by atoms with Gasteiger partial charge in [-0.15, -0.1) is 0 Å². The molecule has 150 valence electrons. The van der Waals surface area contributed by atoms with Gasteiger partial charge in [0.15, 0.2) is 0 Å². The molecule has 0 saturated heterocycles. The molecule has 1 rings (SSSR count). The van der Waals surface area contributed by atoms with Gasteiger partial charge in [-0.2, -0.15) is 0 Å². The standard InChI is InChI=1S/C20H31N3O4/c1-13(14(2)21-19(26)27-20(3,4)5)18(25)22-16-10-8-15(9-11-16)12-17(24)23(6)7/h8-11,13-14H,12H2,1-7H3,(H,21,26)(H,22,25)/t13-,14+/m1/s1. The molecule has 7 heteroatoms. The Balaban J connectivity index is 2.59. The van der Waals surface area contributed by atoms with Crippen LogP contribution >= 0.6 is 0 Å². The van der Waals surface area contributed by atoms with Crippen LogP contribution in [-0.2, 0) is 20.7 Å². The molecule has 0 bridgehead atoms. The van der Waals surface area contributed by atoms with E-state index >= 15 is 0 Å². The SMILES string of the molecule is C[C@H](NC(=O)OC(C)(C)C)[C@@H](C)C(=O)Nc1ccc(CC(=O)N(C)C)cc1. The highest BCUT2D eigenvalue weighted by Crippen LogP contribution is 2.14. The lowest BCUT2D eigenvalue weighted by molar-refractivity contribution is -0.128. The minimum absolute atomic E-state index is 0.0162. The number of likely N-dealkylation sites (N-methyl/N-ethyl adjacent to an activating group) is 1. The lowest BCUT2D eigenvalue weighted by Gasteiger charge is -2.24. The number of rotatable bonds is 6. The minimum Gasteiger partial charge on any atom is -0.444 e. The number of hydrogen-bond acceptors (Lipinski definition) is 4. The third kappa shape index (κ3) is 8.11. The molecule has 1 aromatic carbocycles. The molecule has 0 aliphatic rings. The summed E-state index contributed by atoms with van der Waals surface area (Å²) >= 11 is 0. The number of nitrogens with zero attached hydrogens (tertiary/aromatic N) is 1. The Hall–Kier alpha value is -2.57. The zero-order chi connectivity index (χ0) is 20.8. The molecule has 0 aliphatic carbocycles. The van der Waals surface area contributed by atoms with Crippen molar-refractivity contribution in [3.63, 3.8) is 0 Å².